The molecule has 2 amide bonds. The Hall–Kier alpha value is -4.65. The summed E-state index contributed by atoms with van der Waals surface area (Å²) in [6, 6.07) is 14.7. The molecule has 37 heavy (non-hydrogen) atoms. The molecule has 12 nitrogen and oxygen atoms in total. The molecule has 0 atom stereocenters. The third-order valence-electron chi connectivity index (χ3n) is 5.74. The summed E-state index contributed by atoms with van der Waals surface area (Å²) in [6.07, 6.45) is 1.44. The minimum absolute atomic E-state index is 0.170. The summed E-state index contributed by atoms with van der Waals surface area (Å²) >= 11 is 0. The van der Waals surface area contributed by atoms with E-state index in [2.05, 4.69) is 14.9 Å². The summed E-state index contributed by atoms with van der Waals surface area (Å²) in [5.74, 6) is -0.600. The van der Waals surface area contributed by atoms with E-state index in [1.54, 1.807) is 42.5 Å². The lowest BCUT2D eigenvalue weighted by atomic mass is 10.1. The van der Waals surface area contributed by atoms with Gasteiger partial charge in [0, 0.05) is 6.54 Å². The van der Waals surface area contributed by atoms with Crippen molar-refractivity contribution in [1.29, 1.82) is 0 Å². The van der Waals surface area contributed by atoms with E-state index in [1.165, 1.54) is 37.2 Å². The number of aromatic nitrogens is 3. The van der Waals surface area contributed by atoms with Crippen molar-refractivity contribution >= 4 is 27.8 Å². The van der Waals surface area contributed by atoms with E-state index in [1.807, 2.05) is 0 Å². The molecule has 0 saturated carbocycles. The van der Waals surface area contributed by atoms with Crippen LogP contribution in [-0.4, -0.2) is 66.4 Å². The lowest BCUT2D eigenvalue weighted by Crippen LogP contribution is -2.35. The van der Waals surface area contributed by atoms with E-state index in [0.29, 0.717) is 22.9 Å². The molecule has 190 valence electrons. The van der Waals surface area contributed by atoms with Gasteiger partial charge in [-0.15, -0.1) is 10.2 Å². The number of para-hydroxylation sites is 1. The number of imide groups is 1. The number of anilines is 1. The number of hydrogen-bond acceptors (Lipinski definition) is 9. The molecule has 2 aromatic carbocycles. The third-order valence-corrected chi connectivity index (χ3v) is 6.95. The Kier molecular flexibility index (Phi) is 6.13. The largest absolute Gasteiger partial charge is 0.494 e. The van der Waals surface area contributed by atoms with Gasteiger partial charge in [-0.2, -0.15) is 0 Å². The first kappa shape index (κ1) is 24.1. The Labute approximate surface area is 211 Å². The Morgan fingerprint density at radius 2 is 1.54 bits per heavy atom. The molecule has 0 bridgehead atoms. The van der Waals surface area contributed by atoms with Crippen LogP contribution in [0.3, 0.4) is 0 Å². The van der Waals surface area contributed by atoms with Crippen molar-refractivity contribution in [1.82, 2.24) is 19.7 Å². The molecule has 1 aliphatic rings. The summed E-state index contributed by atoms with van der Waals surface area (Å²) in [5.41, 5.74) is 0.815. The Balaban J connectivity index is 1.48. The van der Waals surface area contributed by atoms with Crippen LogP contribution in [0.2, 0.25) is 0 Å². The molecule has 0 unspecified atom stereocenters. The second kappa shape index (κ2) is 9.43. The van der Waals surface area contributed by atoms with E-state index < -0.39 is 27.6 Å². The minimum Gasteiger partial charge on any atom is -0.494 e. The molecule has 3 heterocycles. The number of fused-ring (bicyclic) bond motifs is 1. The third kappa shape index (κ3) is 4.29. The quantitative estimate of drug-likeness (QED) is 0.327. The van der Waals surface area contributed by atoms with Crippen LogP contribution in [0.1, 0.15) is 20.7 Å². The van der Waals surface area contributed by atoms with Crippen molar-refractivity contribution in [2.75, 3.05) is 31.2 Å². The highest BCUT2D eigenvalue weighted by Gasteiger charge is 2.36. The van der Waals surface area contributed by atoms with Crippen LogP contribution in [0.4, 0.5) is 5.95 Å². The molecule has 1 aliphatic heterocycles. The topological polar surface area (TPSA) is 146 Å². The van der Waals surface area contributed by atoms with Gasteiger partial charge in [0.1, 0.15) is 17.2 Å². The molecule has 0 spiro atoms. The average Bonchev–Trinajstić information content (AvgIpc) is 3.62. The highest BCUT2D eigenvalue weighted by Crippen LogP contribution is 2.37. The monoisotopic (exact) mass is 523 g/mol. The maximum atomic E-state index is 13.1. The summed E-state index contributed by atoms with van der Waals surface area (Å²) in [6.45, 7) is -0.348. The van der Waals surface area contributed by atoms with Crippen molar-refractivity contribution in [3.8, 4) is 28.8 Å². The number of nitrogens with zero attached hydrogens (tertiary/aromatic N) is 4. The van der Waals surface area contributed by atoms with Gasteiger partial charge < -0.3 is 13.9 Å². The van der Waals surface area contributed by atoms with Crippen LogP contribution in [-0.2, 0) is 10.0 Å². The van der Waals surface area contributed by atoms with Crippen molar-refractivity contribution in [2.45, 2.75) is 0 Å². The number of sulfonamides is 1. The number of benzene rings is 2. The standard InChI is InChI=1S/C24H21N5O7S/c1-34-17-9-5-10-18(35-2)20(17)29-21(19-11-6-13-36-19)25-26-24(29)27-37(32,33)14-12-28-22(30)15-7-3-4-8-16(15)23(28)31/h3-11,13H,12,14H2,1-2H3,(H,26,27). The van der Waals surface area contributed by atoms with Gasteiger partial charge in [0.15, 0.2) is 5.76 Å². The van der Waals surface area contributed by atoms with E-state index in [0.717, 1.165) is 4.90 Å². The van der Waals surface area contributed by atoms with E-state index in [4.69, 9.17) is 13.9 Å². The van der Waals surface area contributed by atoms with Gasteiger partial charge in [-0.3, -0.25) is 23.8 Å². The summed E-state index contributed by atoms with van der Waals surface area (Å²) < 4.78 is 46.5. The van der Waals surface area contributed by atoms with Gasteiger partial charge in [0.25, 0.3) is 11.8 Å². The summed E-state index contributed by atoms with van der Waals surface area (Å²) in [7, 11) is -1.19. The zero-order valence-electron chi connectivity index (χ0n) is 19.7. The van der Waals surface area contributed by atoms with Crippen LogP contribution >= 0.6 is 0 Å². The zero-order valence-corrected chi connectivity index (χ0v) is 20.6. The van der Waals surface area contributed by atoms with Crippen LogP contribution in [0.5, 0.6) is 11.5 Å². The number of methoxy groups -OCH3 is 2. The second-order valence-corrected chi connectivity index (χ2v) is 9.74. The molecule has 13 heteroatoms. The van der Waals surface area contributed by atoms with Gasteiger partial charge in [0.2, 0.25) is 21.8 Å². The maximum Gasteiger partial charge on any atom is 0.261 e. The number of rotatable bonds is 9. The van der Waals surface area contributed by atoms with Gasteiger partial charge in [-0.25, -0.2) is 8.42 Å². The molecule has 5 rings (SSSR count). The molecule has 0 saturated heterocycles. The first-order valence-corrected chi connectivity index (χ1v) is 12.7. The Bertz CT molecular complexity index is 1540. The van der Waals surface area contributed by atoms with Crippen molar-refractivity contribution in [3.05, 3.63) is 72.0 Å². The van der Waals surface area contributed by atoms with Crippen molar-refractivity contribution in [2.24, 2.45) is 0 Å². The number of nitrogens with one attached hydrogen (secondary N) is 1. The van der Waals surface area contributed by atoms with Crippen molar-refractivity contribution < 1.29 is 31.9 Å². The van der Waals surface area contributed by atoms with E-state index in [-0.39, 0.29) is 29.4 Å². The number of hydrogen-bond donors (Lipinski definition) is 1. The van der Waals surface area contributed by atoms with Crippen LogP contribution in [0.15, 0.2) is 65.3 Å². The minimum atomic E-state index is -4.11. The smallest absolute Gasteiger partial charge is 0.261 e. The summed E-state index contributed by atoms with van der Waals surface area (Å²) in [5, 5.41) is 8.15. The Morgan fingerprint density at radius 3 is 2.11 bits per heavy atom. The summed E-state index contributed by atoms with van der Waals surface area (Å²) in [4.78, 5) is 26.2. The number of amides is 2. The van der Waals surface area contributed by atoms with Crippen molar-refractivity contribution in [3.63, 3.8) is 0 Å². The van der Waals surface area contributed by atoms with Crippen LogP contribution in [0, 0.1) is 0 Å². The maximum absolute atomic E-state index is 13.1. The fourth-order valence-electron chi connectivity index (χ4n) is 4.02. The normalized spacial score (nSPS) is 13.1. The SMILES string of the molecule is COc1cccc(OC)c1-n1c(NS(=O)(=O)CCN2C(=O)c3ccccc3C2=O)nnc1-c1ccco1. The molecule has 0 radical (unpaired) electrons. The van der Waals surface area contributed by atoms with Gasteiger partial charge in [0.05, 0.1) is 37.4 Å². The number of furan rings is 1. The van der Waals surface area contributed by atoms with E-state index >= 15 is 0 Å². The highest BCUT2D eigenvalue weighted by molar-refractivity contribution is 7.92. The highest BCUT2D eigenvalue weighted by atomic mass is 32.2. The molecule has 0 fully saturated rings. The fraction of sp³-hybridized carbons (Fsp3) is 0.167. The van der Waals surface area contributed by atoms with Crippen LogP contribution in [0.25, 0.3) is 17.3 Å². The second-order valence-electron chi connectivity index (χ2n) is 7.90. The Morgan fingerprint density at radius 1 is 0.892 bits per heavy atom. The number of ether oxygens (including phenoxy) is 2. The zero-order chi connectivity index (χ0) is 26.2. The first-order valence-electron chi connectivity index (χ1n) is 11.0. The number of carbonyl (C=O) groups excluding carboxylic acids is 2. The lowest BCUT2D eigenvalue weighted by Gasteiger charge is -2.18. The van der Waals surface area contributed by atoms with Gasteiger partial charge >= 0.3 is 0 Å². The molecule has 4 aromatic rings. The predicted molar refractivity (Wildman–Crippen MR) is 131 cm³/mol. The molecule has 1 N–H and O–H groups in total. The van der Waals surface area contributed by atoms with Gasteiger partial charge in [-0.05, 0) is 36.4 Å². The van der Waals surface area contributed by atoms with Crippen LogP contribution < -0.4 is 14.2 Å². The first-order chi connectivity index (χ1) is 17.8. The lowest BCUT2D eigenvalue weighted by molar-refractivity contribution is 0.0664. The average molecular weight is 524 g/mol. The fourth-order valence-corrected chi connectivity index (χ4v) is 4.96. The predicted octanol–water partition coefficient (Wildman–Crippen LogP) is 2.58. The van der Waals surface area contributed by atoms with E-state index in [9.17, 15) is 18.0 Å². The number of carbonyl (C=O) groups is 2. The van der Waals surface area contributed by atoms with Gasteiger partial charge in [-0.1, -0.05) is 18.2 Å². The molecule has 0 aliphatic carbocycles. The molecule has 2 aromatic heterocycles. The molecular weight excluding hydrogens is 502 g/mol. The molecular formula is C24H21N5O7S.